The minimum atomic E-state index is -1.43. The second-order valence-corrected chi connectivity index (χ2v) is 16.0. The number of carboxylic acids is 1. The van der Waals surface area contributed by atoms with Crippen LogP contribution < -0.4 is 37.8 Å². The number of benzene rings is 2. The first-order chi connectivity index (χ1) is 29.6. The molecular formula is C42H49N9O10S. The molecule has 2 aromatic carbocycles. The molecule has 62 heavy (non-hydrogen) atoms. The van der Waals surface area contributed by atoms with Crippen LogP contribution in [0, 0.1) is 0 Å². The van der Waals surface area contributed by atoms with Crippen molar-refractivity contribution in [3.05, 3.63) is 123 Å². The largest absolute Gasteiger partial charge is 0.508 e. The van der Waals surface area contributed by atoms with Gasteiger partial charge < -0.3 is 46.1 Å². The van der Waals surface area contributed by atoms with Gasteiger partial charge in [-0.1, -0.05) is 24.3 Å². The van der Waals surface area contributed by atoms with E-state index in [-0.39, 0.29) is 36.8 Å². The lowest BCUT2D eigenvalue weighted by atomic mass is 9.90. The number of urea groups is 1. The lowest BCUT2D eigenvalue weighted by Gasteiger charge is -2.37. The maximum absolute atomic E-state index is 14.1. The van der Waals surface area contributed by atoms with Crippen molar-refractivity contribution in [1.29, 1.82) is 0 Å². The molecule has 4 aromatic rings. The SMILES string of the molecule is CSCCC(NC(=O)NC(Cc1c[nH]c2ccccc12)C(=O)O)C(=O)NC(C(=O)N/C=C1/C=C[C@H](n2ccc(=O)[nH]c2=O)O1)[C@H](C)N(C)C(=O)[C@H]1Cc2cc(O)ccc2C(C)N1. The number of aromatic hydroxyl groups is 1. The highest BCUT2D eigenvalue weighted by Gasteiger charge is 2.38. The van der Waals surface area contributed by atoms with Crippen LogP contribution in [0.1, 0.15) is 49.2 Å². The van der Waals surface area contributed by atoms with Gasteiger partial charge in [0.2, 0.25) is 17.7 Å². The summed E-state index contributed by atoms with van der Waals surface area (Å²) in [5, 5.41) is 34.6. The van der Waals surface area contributed by atoms with Crippen molar-refractivity contribution in [3.63, 3.8) is 0 Å². The Bertz CT molecular complexity index is 2510. The number of nitrogens with zero attached hydrogens (tertiary/aromatic N) is 2. The summed E-state index contributed by atoms with van der Waals surface area (Å²) in [6.45, 7) is 3.46. The number of rotatable bonds is 16. The Morgan fingerprint density at radius 3 is 2.55 bits per heavy atom. The monoisotopic (exact) mass is 871 g/mol. The van der Waals surface area contributed by atoms with Crippen LogP contribution >= 0.6 is 11.8 Å². The Kier molecular flexibility index (Phi) is 14.2. The zero-order valence-electron chi connectivity index (χ0n) is 34.3. The van der Waals surface area contributed by atoms with Crippen LogP contribution in [0.5, 0.6) is 5.75 Å². The fraction of sp³-hybridized carbons (Fsp3) is 0.357. The third-order valence-electron chi connectivity index (χ3n) is 10.9. The Balaban J connectivity index is 1.20. The number of nitrogens with one attached hydrogen (secondary N) is 7. The van der Waals surface area contributed by atoms with Gasteiger partial charge in [-0.15, -0.1) is 0 Å². The second kappa shape index (κ2) is 19.7. The maximum Gasteiger partial charge on any atom is 0.331 e. The summed E-state index contributed by atoms with van der Waals surface area (Å²) < 4.78 is 6.91. The number of allylic oxidation sites excluding steroid dienone is 1. The maximum atomic E-state index is 14.1. The number of H-pyrrole nitrogens is 2. The molecule has 0 aliphatic carbocycles. The van der Waals surface area contributed by atoms with E-state index in [0.29, 0.717) is 11.3 Å². The summed E-state index contributed by atoms with van der Waals surface area (Å²) in [6, 6.07) is 6.53. The van der Waals surface area contributed by atoms with Crippen molar-refractivity contribution in [2.45, 2.75) is 75.6 Å². The molecule has 20 heteroatoms. The van der Waals surface area contributed by atoms with Crippen LogP contribution in [0.15, 0.2) is 94.6 Å². The molecular weight excluding hydrogens is 823 g/mol. The van der Waals surface area contributed by atoms with Crippen molar-refractivity contribution in [2.24, 2.45) is 0 Å². The number of aliphatic carboxylic acids is 1. The van der Waals surface area contributed by atoms with Crippen LogP contribution in [0.3, 0.4) is 0 Å². The summed E-state index contributed by atoms with van der Waals surface area (Å²) in [4.78, 5) is 98.5. The van der Waals surface area contributed by atoms with Gasteiger partial charge >= 0.3 is 17.7 Å². The van der Waals surface area contributed by atoms with E-state index < -0.39 is 77.4 Å². The van der Waals surface area contributed by atoms with E-state index in [1.54, 1.807) is 37.6 Å². The summed E-state index contributed by atoms with van der Waals surface area (Å²) in [5.74, 6) is -2.64. The van der Waals surface area contributed by atoms with Gasteiger partial charge in [-0.25, -0.2) is 14.4 Å². The number of carbonyl (C=O) groups is 5. The van der Waals surface area contributed by atoms with Crippen molar-refractivity contribution in [3.8, 4) is 5.75 Å². The zero-order chi connectivity index (χ0) is 44.7. The van der Waals surface area contributed by atoms with Crippen molar-refractivity contribution >= 4 is 52.4 Å². The van der Waals surface area contributed by atoms with Crippen molar-refractivity contribution in [1.82, 2.24) is 46.0 Å². The number of aromatic nitrogens is 3. The van der Waals surface area contributed by atoms with Crippen molar-refractivity contribution in [2.75, 3.05) is 19.1 Å². The third-order valence-corrected chi connectivity index (χ3v) is 11.5. The number of thioether (sulfide) groups is 1. The Morgan fingerprint density at radius 1 is 1.05 bits per heavy atom. The quantitative estimate of drug-likeness (QED) is 0.0776. The predicted molar refractivity (Wildman–Crippen MR) is 230 cm³/mol. The number of amides is 5. The molecule has 328 valence electrons. The minimum absolute atomic E-state index is 0.0489. The lowest BCUT2D eigenvalue weighted by molar-refractivity contribution is -0.139. The van der Waals surface area contributed by atoms with Crippen LogP contribution in [0.2, 0.25) is 0 Å². The van der Waals surface area contributed by atoms with Crippen molar-refractivity contribution < 1.29 is 38.9 Å². The van der Waals surface area contributed by atoms with Gasteiger partial charge in [0, 0.05) is 55.1 Å². The van der Waals surface area contributed by atoms with Gasteiger partial charge in [0.25, 0.3) is 5.56 Å². The summed E-state index contributed by atoms with van der Waals surface area (Å²) in [5.41, 5.74) is 1.88. The molecule has 2 aliphatic rings. The zero-order valence-corrected chi connectivity index (χ0v) is 35.2. The molecule has 6 rings (SSSR count). The molecule has 0 fully saturated rings. The molecule has 0 saturated carbocycles. The number of para-hydroxylation sites is 1. The van der Waals surface area contributed by atoms with E-state index in [9.17, 15) is 43.8 Å². The number of aromatic amines is 2. The topological polar surface area (TPSA) is 269 Å². The molecule has 0 spiro atoms. The number of likely N-dealkylation sites (N-methyl/N-ethyl adjacent to an activating group) is 1. The smallest absolute Gasteiger partial charge is 0.331 e. The highest BCUT2D eigenvalue weighted by atomic mass is 32.2. The molecule has 5 amide bonds. The Hall–Kier alpha value is -6.80. The number of ether oxygens (including phenoxy) is 1. The highest BCUT2D eigenvalue weighted by molar-refractivity contribution is 7.98. The molecule has 2 aromatic heterocycles. The van der Waals surface area contributed by atoms with E-state index in [2.05, 4.69) is 36.6 Å². The molecule has 4 heterocycles. The molecule has 4 unspecified atom stereocenters. The first-order valence-electron chi connectivity index (χ1n) is 19.8. The van der Waals surface area contributed by atoms with E-state index >= 15 is 0 Å². The van der Waals surface area contributed by atoms with Crippen LogP contribution in [-0.4, -0.2) is 109 Å². The molecule has 19 nitrogen and oxygen atoms in total. The average Bonchev–Trinajstić information content (AvgIpc) is 3.89. The number of phenols is 1. The second-order valence-electron chi connectivity index (χ2n) is 15.1. The van der Waals surface area contributed by atoms with Gasteiger partial charge in [0.15, 0.2) is 6.23 Å². The number of hydrogen-bond donors (Lipinski definition) is 9. The number of phenolic OH excluding ortho intramolecular Hbond substituents is 1. The fourth-order valence-corrected chi connectivity index (χ4v) is 7.89. The summed E-state index contributed by atoms with van der Waals surface area (Å²) in [6.07, 6.45) is 8.33. The number of carbonyl (C=O) groups excluding carboxylic acids is 4. The summed E-state index contributed by atoms with van der Waals surface area (Å²) >= 11 is 1.40. The van der Waals surface area contributed by atoms with Crippen LogP contribution in [0.25, 0.3) is 10.9 Å². The average molecular weight is 872 g/mol. The molecule has 0 radical (unpaired) electrons. The Labute approximate surface area is 359 Å². The molecule has 0 bridgehead atoms. The third kappa shape index (κ3) is 10.6. The van der Waals surface area contributed by atoms with E-state index in [1.807, 2.05) is 31.2 Å². The normalized spacial score (nSPS) is 19.4. The number of hydrogen-bond acceptors (Lipinski definition) is 11. The van der Waals surface area contributed by atoms with Gasteiger partial charge in [-0.05, 0) is 85.7 Å². The first kappa shape index (κ1) is 44.7. The predicted octanol–water partition coefficient (Wildman–Crippen LogP) is 1.49. The van der Waals surface area contributed by atoms with Gasteiger partial charge in [-0.3, -0.25) is 34.0 Å². The lowest BCUT2D eigenvalue weighted by Crippen LogP contribution is -2.62. The van der Waals surface area contributed by atoms with E-state index in [4.69, 9.17) is 4.74 Å². The van der Waals surface area contributed by atoms with Gasteiger partial charge in [0.1, 0.15) is 29.6 Å². The standard InChI is InChI=1S/C42H49N9O10S/c1-22-28-11-9-26(52)17-24(28)18-32(45-22)39(56)50(3)23(2)36(38(55)44-21-27-10-12-35(61-27)51-15-13-34(53)48-42(51)60)49-37(54)31(14-16-62-4)46-41(59)47-33(40(57)58)19-25-20-43-30-8-6-5-7-29(25)30/h5-13,15,17,20-23,31-33,35-36,43,45,52H,14,16,18-19H2,1-4H3,(H,44,55)(H,49,54)(H,57,58)(H2,46,47,59)(H,48,53,60)/b27-21-/t22?,23-,31?,32+,33?,35+,36?/m0/s1. The number of fused-ring (bicyclic) bond motifs is 2. The number of carboxylic acid groups (broad SMARTS) is 1. The molecule has 7 atom stereocenters. The molecule has 9 N–H and O–H groups in total. The van der Waals surface area contributed by atoms with Gasteiger partial charge in [-0.2, -0.15) is 11.8 Å². The first-order valence-corrected chi connectivity index (χ1v) is 21.2. The minimum Gasteiger partial charge on any atom is -0.508 e. The van der Waals surface area contributed by atoms with Crippen LogP contribution in [-0.2, 0) is 36.8 Å². The summed E-state index contributed by atoms with van der Waals surface area (Å²) in [7, 11) is 1.49. The highest BCUT2D eigenvalue weighted by Crippen LogP contribution is 2.29. The van der Waals surface area contributed by atoms with Crippen LogP contribution in [0.4, 0.5) is 4.79 Å². The van der Waals surface area contributed by atoms with E-state index in [0.717, 1.165) is 32.7 Å². The van der Waals surface area contributed by atoms with Gasteiger partial charge in [0.05, 0.1) is 12.1 Å². The van der Waals surface area contributed by atoms with E-state index in [1.165, 1.54) is 48.3 Å². The fourth-order valence-electron chi connectivity index (χ4n) is 7.42. The Morgan fingerprint density at radius 2 is 1.81 bits per heavy atom. The molecule has 0 saturated heterocycles. The molecule has 2 aliphatic heterocycles.